The van der Waals surface area contributed by atoms with Gasteiger partial charge in [0, 0.05) is 37.0 Å². The molecule has 4 aromatic rings. The second-order valence-electron chi connectivity index (χ2n) is 8.39. The fraction of sp³-hybridized carbons (Fsp3) is 0.320. The number of aryl methyl sites for hydroxylation is 2. The van der Waals surface area contributed by atoms with Crippen molar-refractivity contribution in [3.05, 3.63) is 66.0 Å². The number of sulfonamides is 1. The van der Waals surface area contributed by atoms with Crippen molar-refractivity contribution in [2.45, 2.75) is 26.9 Å². The van der Waals surface area contributed by atoms with E-state index < -0.39 is 21.9 Å². The van der Waals surface area contributed by atoms with E-state index in [1.807, 2.05) is 19.9 Å². The molecule has 1 N–H and O–H groups in total. The van der Waals surface area contributed by atoms with Crippen molar-refractivity contribution in [1.29, 1.82) is 0 Å². The average molecular weight is 540 g/mol. The van der Waals surface area contributed by atoms with Gasteiger partial charge in [0.15, 0.2) is 11.6 Å². The van der Waals surface area contributed by atoms with E-state index in [1.54, 1.807) is 49.9 Å². The summed E-state index contributed by atoms with van der Waals surface area (Å²) in [4.78, 5) is 12.8. The van der Waals surface area contributed by atoms with Crippen molar-refractivity contribution in [2.75, 3.05) is 31.3 Å². The Morgan fingerprint density at radius 1 is 0.974 bits per heavy atom. The molecule has 0 spiro atoms. The molecule has 1 aromatic carbocycles. The van der Waals surface area contributed by atoms with Crippen LogP contribution in [0.15, 0.2) is 49.1 Å². The van der Waals surface area contributed by atoms with Crippen LogP contribution in [0, 0.1) is 13.8 Å². The molecule has 0 fully saturated rings. The Morgan fingerprint density at radius 3 is 2.26 bits per heavy atom. The molecule has 38 heavy (non-hydrogen) atoms. The third-order valence-corrected chi connectivity index (χ3v) is 6.73. The SMILES string of the molecule is CCO[C@@H](CS(=O)(=O)Nc1nnc(-c2cncc(C)c2)n1-c1c(OC)cccc1OC)c1ncc(C)cn1. The van der Waals surface area contributed by atoms with Crippen LogP contribution in [0.1, 0.15) is 30.0 Å². The van der Waals surface area contributed by atoms with Crippen LogP contribution in [-0.4, -0.2) is 64.7 Å². The van der Waals surface area contributed by atoms with Crippen LogP contribution in [-0.2, 0) is 14.8 Å². The quantitative estimate of drug-likeness (QED) is 0.302. The molecule has 12 nitrogen and oxygen atoms in total. The highest BCUT2D eigenvalue weighted by Gasteiger charge is 2.28. The number of nitrogens with zero attached hydrogens (tertiary/aromatic N) is 6. The maximum Gasteiger partial charge on any atom is 0.243 e. The number of rotatable bonds is 11. The van der Waals surface area contributed by atoms with Crippen LogP contribution in [0.25, 0.3) is 17.1 Å². The number of benzene rings is 1. The highest BCUT2D eigenvalue weighted by molar-refractivity contribution is 7.92. The summed E-state index contributed by atoms with van der Waals surface area (Å²) in [6, 6.07) is 7.09. The summed E-state index contributed by atoms with van der Waals surface area (Å²) in [7, 11) is -1.02. The summed E-state index contributed by atoms with van der Waals surface area (Å²) in [6.45, 7) is 5.79. The van der Waals surface area contributed by atoms with E-state index in [0.717, 1.165) is 11.1 Å². The average Bonchev–Trinajstić information content (AvgIpc) is 3.30. The summed E-state index contributed by atoms with van der Waals surface area (Å²) in [5.41, 5.74) is 2.78. The van der Waals surface area contributed by atoms with Crippen LogP contribution in [0.5, 0.6) is 11.5 Å². The molecule has 1 atom stereocenters. The number of ether oxygens (including phenoxy) is 3. The predicted octanol–water partition coefficient (Wildman–Crippen LogP) is 3.27. The second-order valence-corrected chi connectivity index (χ2v) is 10.2. The lowest BCUT2D eigenvalue weighted by molar-refractivity contribution is 0.0722. The number of nitrogens with one attached hydrogen (secondary N) is 1. The van der Waals surface area contributed by atoms with E-state index in [4.69, 9.17) is 14.2 Å². The Bertz CT molecular complexity index is 1480. The third-order valence-electron chi connectivity index (χ3n) is 5.50. The largest absolute Gasteiger partial charge is 0.494 e. The van der Waals surface area contributed by atoms with Crippen molar-refractivity contribution in [3.8, 4) is 28.6 Å². The van der Waals surface area contributed by atoms with Gasteiger partial charge in [0.25, 0.3) is 0 Å². The molecule has 13 heteroatoms. The monoisotopic (exact) mass is 539 g/mol. The lowest BCUT2D eigenvalue weighted by Gasteiger charge is -2.19. The van der Waals surface area contributed by atoms with Crippen LogP contribution >= 0.6 is 0 Å². The van der Waals surface area contributed by atoms with Crippen LogP contribution in [0.3, 0.4) is 0 Å². The first-order chi connectivity index (χ1) is 18.3. The maximum absolute atomic E-state index is 13.4. The van der Waals surface area contributed by atoms with Crippen molar-refractivity contribution >= 4 is 16.0 Å². The summed E-state index contributed by atoms with van der Waals surface area (Å²) in [6.07, 6.45) is 5.66. The Morgan fingerprint density at radius 2 is 1.66 bits per heavy atom. The summed E-state index contributed by atoms with van der Waals surface area (Å²) >= 11 is 0. The molecule has 0 bridgehead atoms. The summed E-state index contributed by atoms with van der Waals surface area (Å²) in [5.74, 6) is 0.941. The zero-order chi connectivity index (χ0) is 27.3. The van der Waals surface area contributed by atoms with Crippen LogP contribution in [0.4, 0.5) is 5.95 Å². The first kappa shape index (κ1) is 26.9. The van der Waals surface area contributed by atoms with Crippen LogP contribution in [0.2, 0.25) is 0 Å². The standard InChI is InChI=1S/C25H29N7O5S/c1-6-37-21(23-27-12-17(3)13-28-23)15-38(33,34)31-25-30-29-24(18-10-16(2)11-26-14-18)32(25)22-19(35-4)8-7-9-20(22)36-5/h7-14,21H,6,15H2,1-5H3,(H,30,31)/t21-/m0/s1. The molecule has 0 unspecified atom stereocenters. The van der Waals surface area contributed by atoms with Crippen molar-refractivity contribution < 1.29 is 22.6 Å². The normalized spacial score (nSPS) is 12.2. The van der Waals surface area contributed by atoms with Gasteiger partial charge < -0.3 is 14.2 Å². The van der Waals surface area contributed by atoms with Gasteiger partial charge in [-0.05, 0) is 50.1 Å². The van der Waals surface area contributed by atoms with Gasteiger partial charge in [-0.3, -0.25) is 14.3 Å². The number of hydrogen-bond donors (Lipinski definition) is 1. The van der Waals surface area contributed by atoms with Gasteiger partial charge >= 0.3 is 0 Å². The molecule has 0 saturated heterocycles. The fourth-order valence-corrected chi connectivity index (χ4v) is 4.96. The minimum atomic E-state index is -4.04. The van der Waals surface area contributed by atoms with Gasteiger partial charge in [0.1, 0.15) is 29.0 Å². The Hall–Kier alpha value is -4.10. The molecule has 200 valence electrons. The minimum Gasteiger partial charge on any atom is -0.494 e. The van der Waals surface area contributed by atoms with Crippen molar-refractivity contribution in [3.63, 3.8) is 0 Å². The molecule has 0 amide bonds. The second kappa shape index (κ2) is 11.5. The molecule has 3 aromatic heterocycles. The predicted molar refractivity (Wildman–Crippen MR) is 141 cm³/mol. The first-order valence-electron chi connectivity index (χ1n) is 11.8. The van der Waals surface area contributed by atoms with Crippen LogP contribution < -0.4 is 14.2 Å². The number of pyridine rings is 1. The molecular weight excluding hydrogens is 510 g/mol. The zero-order valence-electron chi connectivity index (χ0n) is 21.7. The molecule has 0 aliphatic heterocycles. The Labute approximate surface area is 221 Å². The zero-order valence-corrected chi connectivity index (χ0v) is 22.6. The molecule has 0 aliphatic rings. The highest BCUT2D eigenvalue weighted by atomic mass is 32.2. The van der Waals surface area contributed by atoms with E-state index in [1.165, 1.54) is 18.8 Å². The van der Waals surface area contributed by atoms with Crippen molar-refractivity contribution in [2.24, 2.45) is 0 Å². The van der Waals surface area contributed by atoms with Crippen molar-refractivity contribution in [1.82, 2.24) is 29.7 Å². The Balaban J connectivity index is 1.80. The molecule has 0 saturated carbocycles. The number of hydrogen-bond acceptors (Lipinski definition) is 10. The lowest BCUT2D eigenvalue weighted by atomic mass is 10.2. The third kappa shape index (κ3) is 5.89. The molecule has 3 heterocycles. The number of aromatic nitrogens is 6. The lowest BCUT2D eigenvalue weighted by Crippen LogP contribution is -2.26. The van der Waals surface area contributed by atoms with Gasteiger partial charge in [0.2, 0.25) is 16.0 Å². The molecular formula is C25H29N7O5S. The summed E-state index contributed by atoms with van der Waals surface area (Å²) < 4.78 is 47.8. The Kier molecular flexibility index (Phi) is 8.17. The number of methoxy groups -OCH3 is 2. The van der Waals surface area contributed by atoms with E-state index >= 15 is 0 Å². The molecule has 4 rings (SSSR count). The highest BCUT2D eigenvalue weighted by Crippen LogP contribution is 2.37. The topological polar surface area (TPSA) is 143 Å². The van der Waals surface area contributed by atoms with E-state index in [2.05, 4.69) is 29.9 Å². The number of para-hydroxylation sites is 1. The van der Waals surface area contributed by atoms with Gasteiger partial charge in [0.05, 0.1) is 14.2 Å². The van der Waals surface area contributed by atoms with Gasteiger partial charge in [-0.1, -0.05) is 6.07 Å². The smallest absolute Gasteiger partial charge is 0.243 e. The van der Waals surface area contributed by atoms with E-state index in [9.17, 15) is 8.42 Å². The van der Waals surface area contributed by atoms with Gasteiger partial charge in [-0.2, -0.15) is 0 Å². The molecule has 0 radical (unpaired) electrons. The van der Waals surface area contributed by atoms with Gasteiger partial charge in [-0.25, -0.2) is 18.4 Å². The molecule has 0 aliphatic carbocycles. The van der Waals surface area contributed by atoms with Gasteiger partial charge in [-0.15, -0.1) is 10.2 Å². The summed E-state index contributed by atoms with van der Waals surface area (Å²) in [5, 5.41) is 8.49. The van der Waals surface area contributed by atoms with E-state index in [-0.39, 0.29) is 18.4 Å². The van der Waals surface area contributed by atoms with E-state index in [0.29, 0.717) is 28.6 Å². The fourth-order valence-electron chi connectivity index (χ4n) is 3.83. The number of anilines is 1. The minimum absolute atomic E-state index is 0.0654. The first-order valence-corrected chi connectivity index (χ1v) is 13.4. The maximum atomic E-state index is 13.4.